The van der Waals surface area contributed by atoms with Crippen LogP contribution in [0.4, 0.5) is 5.69 Å². The van der Waals surface area contributed by atoms with Gasteiger partial charge in [-0.25, -0.2) is 0 Å². The fraction of sp³-hybridized carbons (Fsp3) is 0.267. The molecule has 0 fully saturated rings. The van der Waals surface area contributed by atoms with E-state index in [0.717, 1.165) is 24.9 Å². The summed E-state index contributed by atoms with van der Waals surface area (Å²) in [7, 11) is 0. The fourth-order valence-electron chi connectivity index (χ4n) is 1.82. The van der Waals surface area contributed by atoms with Gasteiger partial charge in [0, 0.05) is 25.0 Å². The average Bonchev–Trinajstić information content (AvgIpc) is 2.46. The summed E-state index contributed by atoms with van der Waals surface area (Å²) >= 11 is 0. The zero-order chi connectivity index (χ0) is 13.3. The second kappa shape index (κ2) is 7.26. The van der Waals surface area contributed by atoms with Crippen LogP contribution in [-0.4, -0.2) is 15.9 Å². The monoisotopic (exact) mass is 255 g/mol. The summed E-state index contributed by atoms with van der Waals surface area (Å²) in [6.07, 6.45) is 10.3. The van der Waals surface area contributed by atoms with Gasteiger partial charge in [0.2, 0.25) is 5.91 Å². The molecule has 2 heterocycles. The van der Waals surface area contributed by atoms with Gasteiger partial charge in [-0.05, 0) is 43.0 Å². The van der Waals surface area contributed by atoms with Gasteiger partial charge in [-0.15, -0.1) is 0 Å². The number of aromatic nitrogens is 2. The first kappa shape index (κ1) is 13.2. The van der Waals surface area contributed by atoms with Gasteiger partial charge in [0.15, 0.2) is 0 Å². The molecule has 0 aliphatic heterocycles. The van der Waals surface area contributed by atoms with E-state index in [2.05, 4.69) is 21.4 Å². The molecule has 0 aliphatic carbocycles. The number of nitrogens with zero attached hydrogens (tertiary/aromatic N) is 2. The Hall–Kier alpha value is -2.23. The number of hydrogen-bond donors (Lipinski definition) is 1. The van der Waals surface area contributed by atoms with E-state index >= 15 is 0 Å². The van der Waals surface area contributed by atoms with E-state index in [1.165, 1.54) is 5.56 Å². The van der Waals surface area contributed by atoms with E-state index in [4.69, 9.17) is 0 Å². The lowest BCUT2D eigenvalue weighted by molar-refractivity contribution is -0.116. The first-order chi connectivity index (χ1) is 9.34. The van der Waals surface area contributed by atoms with Crippen molar-refractivity contribution in [3.05, 3.63) is 54.6 Å². The fourth-order valence-corrected chi connectivity index (χ4v) is 1.82. The number of amides is 1. The molecule has 98 valence electrons. The summed E-state index contributed by atoms with van der Waals surface area (Å²) in [6.45, 7) is 0. The van der Waals surface area contributed by atoms with Gasteiger partial charge in [-0.1, -0.05) is 6.07 Å². The molecule has 0 aromatic carbocycles. The van der Waals surface area contributed by atoms with Crippen LogP contribution >= 0.6 is 0 Å². The Bertz CT molecular complexity index is 499. The number of carbonyl (C=O) groups excluding carboxylic acids is 1. The third-order valence-electron chi connectivity index (χ3n) is 2.79. The lowest BCUT2D eigenvalue weighted by atomic mass is 10.1. The maximum Gasteiger partial charge on any atom is 0.224 e. The number of hydrogen-bond acceptors (Lipinski definition) is 3. The molecule has 4 heteroatoms. The zero-order valence-electron chi connectivity index (χ0n) is 10.7. The standard InChI is InChI=1S/C15H17N3O/c19-15(18-14-7-4-10-17-12-14)8-2-1-5-13-6-3-9-16-11-13/h3-4,6-7,9-12H,1-2,5,8H2,(H,18,19). The Balaban J connectivity index is 1.65. The number of carbonyl (C=O) groups is 1. The number of pyridine rings is 2. The van der Waals surface area contributed by atoms with Crippen molar-refractivity contribution >= 4 is 11.6 Å². The minimum atomic E-state index is 0.0409. The van der Waals surface area contributed by atoms with Gasteiger partial charge < -0.3 is 5.32 Å². The molecule has 0 aliphatic rings. The summed E-state index contributed by atoms with van der Waals surface area (Å²) in [5.41, 5.74) is 1.97. The van der Waals surface area contributed by atoms with Crippen LogP contribution in [0.25, 0.3) is 0 Å². The number of nitrogens with one attached hydrogen (secondary N) is 1. The van der Waals surface area contributed by atoms with E-state index in [1.807, 2.05) is 18.3 Å². The number of rotatable bonds is 6. The molecule has 19 heavy (non-hydrogen) atoms. The second-order valence-electron chi connectivity index (χ2n) is 4.36. The van der Waals surface area contributed by atoms with E-state index in [0.29, 0.717) is 6.42 Å². The van der Waals surface area contributed by atoms with Gasteiger partial charge in [0.1, 0.15) is 0 Å². The Kier molecular flexibility index (Phi) is 5.05. The van der Waals surface area contributed by atoms with Gasteiger partial charge in [0.05, 0.1) is 11.9 Å². The smallest absolute Gasteiger partial charge is 0.224 e. The lowest BCUT2D eigenvalue weighted by Gasteiger charge is -2.04. The molecular weight excluding hydrogens is 238 g/mol. The largest absolute Gasteiger partial charge is 0.325 e. The second-order valence-corrected chi connectivity index (χ2v) is 4.36. The summed E-state index contributed by atoms with van der Waals surface area (Å²) in [5, 5.41) is 2.83. The van der Waals surface area contributed by atoms with Crippen molar-refractivity contribution in [3.8, 4) is 0 Å². The molecule has 0 atom stereocenters. The minimum Gasteiger partial charge on any atom is -0.325 e. The van der Waals surface area contributed by atoms with Crippen LogP contribution in [0.1, 0.15) is 24.8 Å². The van der Waals surface area contributed by atoms with Crippen LogP contribution in [0.15, 0.2) is 49.1 Å². The highest BCUT2D eigenvalue weighted by atomic mass is 16.1. The molecule has 0 radical (unpaired) electrons. The van der Waals surface area contributed by atoms with E-state index in [9.17, 15) is 4.79 Å². The quantitative estimate of drug-likeness (QED) is 0.807. The highest BCUT2D eigenvalue weighted by Gasteiger charge is 2.02. The highest BCUT2D eigenvalue weighted by molar-refractivity contribution is 5.90. The predicted octanol–water partition coefficient (Wildman–Crippen LogP) is 2.83. The van der Waals surface area contributed by atoms with Crippen molar-refractivity contribution in [3.63, 3.8) is 0 Å². The Morgan fingerprint density at radius 3 is 2.53 bits per heavy atom. The van der Waals surface area contributed by atoms with Crippen LogP contribution in [0.3, 0.4) is 0 Å². The third kappa shape index (κ3) is 4.87. The Labute approximate surface area is 112 Å². The topological polar surface area (TPSA) is 54.9 Å². The van der Waals surface area contributed by atoms with Gasteiger partial charge >= 0.3 is 0 Å². The summed E-state index contributed by atoms with van der Waals surface area (Å²) < 4.78 is 0. The minimum absolute atomic E-state index is 0.0409. The maximum atomic E-state index is 11.7. The third-order valence-corrected chi connectivity index (χ3v) is 2.79. The number of unbranched alkanes of at least 4 members (excludes halogenated alkanes) is 1. The van der Waals surface area contributed by atoms with E-state index in [1.54, 1.807) is 24.7 Å². The molecule has 0 saturated carbocycles. The summed E-state index contributed by atoms with van der Waals surface area (Å²) in [4.78, 5) is 19.7. The lowest BCUT2D eigenvalue weighted by Crippen LogP contribution is -2.11. The predicted molar refractivity (Wildman–Crippen MR) is 74.7 cm³/mol. The number of aryl methyl sites for hydroxylation is 1. The Morgan fingerprint density at radius 1 is 1.05 bits per heavy atom. The molecule has 0 unspecified atom stereocenters. The maximum absolute atomic E-state index is 11.7. The van der Waals surface area contributed by atoms with Crippen LogP contribution in [0.5, 0.6) is 0 Å². The summed E-state index contributed by atoms with van der Waals surface area (Å²) in [6, 6.07) is 7.63. The van der Waals surface area contributed by atoms with Crippen molar-refractivity contribution in [1.29, 1.82) is 0 Å². The molecule has 1 N–H and O–H groups in total. The van der Waals surface area contributed by atoms with Gasteiger partial charge in [-0.3, -0.25) is 14.8 Å². The average molecular weight is 255 g/mol. The first-order valence-electron chi connectivity index (χ1n) is 6.43. The normalized spacial score (nSPS) is 10.1. The van der Waals surface area contributed by atoms with Gasteiger partial charge in [0.25, 0.3) is 0 Å². The molecule has 2 rings (SSSR count). The Morgan fingerprint density at radius 2 is 1.84 bits per heavy atom. The molecule has 4 nitrogen and oxygen atoms in total. The molecule has 2 aromatic heterocycles. The van der Waals surface area contributed by atoms with Crippen molar-refractivity contribution in [2.24, 2.45) is 0 Å². The van der Waals surface area contributed by atoms with Crippen molar-refractivity contribution < 1.29 is 4.79 Å². The van der Waals surface area contributed by atoms with Crippen molar-refractivity contribution in [1.82, 2.24) is 9.97 Å². The van der Waals surface area contributed by atoms with Crippen molar-refractivity contribution in [2.45, 2.75) is 25.7 Å². The molecule has 2 aromatic rings. The summed E-state index contributed by atoms with van der Waals surface area (Å²) in [5.74, 6) is 0.0409. The van der Waals surface area contributed by atoms with Crippen molar-refractivity contribution in [2.75, 3.05) is 5.32 Å². The number of anilines is 1. The SMILES string of the molecule is O=C(CCCCc1cccnc1)Nc1cccnc1. The molecule has 0 bridgehead atoms. The zero-order valence-corrected chi connectivity index (χ0v) is 10.7. The molecular formula is C15H17N3O. The van der Waals surface area contributed by atoms with Crippen LogP contribution in [0.2, 0.25) is 0 Å². The van der Waals surface area contributed by atoms with Crippen LogP contribution in [-0.2, 0) is 11.2 Å². The highest BCUT2D eigenvalue weighted by Crippen LogP contribution is 2.07. The first-order valence-corrected chi connectivity index (χ1v) is 6.43. The molecule has 0 saturated heterocycles. The van der Waals surface area contributed by atoms with E-state index < -0.39 is 0 Å². The van der Waals surface area contributed by atoms with Gasteiger partial charge in [-0.2, -0.15) is 0 Å². The van der Waals surface area contributed by atoms with E-state index in [-0.39, 0.29) is 5.91 Å². The van der Waals surface area contributed by atoms with Crippen LogP contribution in [0, 0.1) is 0 Å². The molecule has 1 amide bonds. The molecule has 0 spiro atoms. The van der Waals surface area contributed by atoms with Crippen LogP contribution < -0.4 is 5.32 Å².